The summed E-state index contributed by atoms with van der Waals surface area (Å²) in [6, 6.07) is 4.04. The third-order valence-corrected chi connectivity index (χ3v) is 1.70. The van der Waals surface area contributed by atoms with Crippen LogP contribution in [0.15, 0.2) is 6.07 Å². The summed E-state index contributed by atoms with van der Waals surface area (Å²) in [7, 11) is 0. The number of ether oxygens (including phenoxy) is 1. The smallest absolute Gasteiger partial charge is 0.396 e. The molecule has 0 spiro atoms. The maximum absolute atomic E-state index is 12.0. The Bertz CT molecular complexity index is 513. The third-order valence-electron chi connectivity index (χ3n) is 1.70. The van der Waals surface area contributed by atoms with Gasteiger partial charge in [-0.25, -0.2) is 4.98 Å². The van der Waals surface area contributed by atoms with Crippen LogP contribution in [-0.4, -0.2) is 11.3 Å². The zero-order valence-electron chi connectivity index (χ0n) is 8.25. The minimum Gasteiger partial charge on any atom is -0.396 e. The van der Waals surface area contributed by atoms with Gasteiger partial charge in [-0.05, 0) is 0 Å². The normalized spacial score (nSPS) is 10.4. The van der Waals surface area contributed by atoms with Crippen LogP contribution in [0.3, 0.4) is 0 Å². The average molecular weight is 242 g/mol. The number of aromatic nitrogens is 1. The summed E-state index contributed by atoms with van der Waals surface area (Å²) in [5, 5.41) is 17.1. The van der Waals surface area contributed by atoms with Gasteiger partial charge in [-0.1, -0.05) is 0 Å². The number of anilines is 1. The molecule has 0 bridgehead atoms. The summed E-state index contributed by atoms with van der Waals surface area (Å²) in [6.45, 7) is 0. The largest absolute Gasteiger partial charge is 0.574 e. The lowest BCUT2D eigenvalue weighted by Crippen LogP contribution is -2.18. The molecule has 1 aromatic rings. The minimum absolute atomic E-state index is 0.120. The highest BCUT2D eigenvalue weighted by molar-refractivity contribution is 5.59. The lowest BCUT2D eigenvalue weighted by molar-refractivity contribution is -0.276. The Morgan fingerprint density at radius 2 is 2.06 bits per heavy atom. The van der Waals surface area contributed by atoms with E-state index in [4.69, 9.17) is 16.3 Å². The zero-order valence-corrected chi connectivity index (χ0v) is 8.25. The maximum Gasteiger partial charge on any atom is 0.574 e. The molecule has 5 nitrogen and oxygen atoms in total. The third kappa shape index (κ3) is 3.24. The molecule has 0 unspecified atom stereocenters. The molecule has 0 saturated heterocycles. The summed E-state index contributed by atoms with van der Waals surface area (Å²) in [4.78, 5) is 3.42. The van der Waals surface area contributed by atoms with Crippen molar-refractivity contribution in [1.82, 2.24) is 4.98 Å². The predicted octanol–water partition coefficient (Wildman–Crippen LogP) is 1.50. The number of pyridine rings is 1. The number of alkyl halides is 3. The molecule has 8 heteroatoms. The second-order valence-electron chi connectivity index (χ2n) is 2.86. The van der Waals surface area contributed by atoms with Crippen molar-refractivity contribution in [3.63, 3.8) is 0 Å². The monoisotopic (exact) mass is 242 g/mol. The highest BCUT2D eigenvalue weighted by Crippen LogP contribution is 2.25. The van der Waals surface area contributed by atoms with Gasteiger partial charge in [0, 0.05) is 6.07 Å². The first kappa shape index (κ1) is 12.6. The standard InChI is InChI=1S/C9H5F3N4O/c10-9(11,12)17-7-3-5(4-14)8(15)6(16-7)1-2-13/h3H,1,15H2. The molecule has 0 amide bonds. The quantitative estimate of drug-likeness (QED) is 0.847. The summed E-state index contributed by atoms with van der Waals surface area (Å²) in [6.07, 6.45) is -5.23. The minimum atomic E-state index is -4.92. The van der Waals surface area contributed by atoms with E-state index in [2.05, 4.69) is 9.72 Å². The van der Waals surface area contributed by atoms with E-state index in [0.717, 1.165) is 6.07 Å². The first-order chi connectivity index (χ1) is 7.87. The van der Waals surface area contributed by atoms with Crippen LogP contribution in [0.5, 0.6) is 5.88 Å². The first-order valence-electron chi connectivity index (χ1n) is 4.19. The van der Waals surface area contributed by atoms with E-state index < -0.39 is 12.2 Å². The molecule has 1 rings (SSSR count). The van der Waals surface area contributed by atoms with Gasteiger partial charge in [-0.3, -0.25) is 0 Å². The molecular formula is C9H5F3N4O. The van der Waals surface area contributed by atoms with Crippen molar-refractivity contribution in [3.8, 4) is 18.0 Å². The van der Waals surface area contributed by atoms with Crippen LogP contribution in [0.1, 0.15) is 11.3 Å². The fraction of sp³-hybridized carbons (Fsp3) is 0.222. The van der Waals surface area contributed by atoms with E-state index in [9.17, 15) is 13.2 Å². The number of nitrogens with zero attached hydrogens (tertiary/aromatic N) is 3. The number of nitrogens with two attached hydrogens (primary N) is 1. The lowest BCUT2D eigenvalue weighted by Gasteiger charge is -2.10. The molecule has 0 aromatic carbocycles. The molecule has 0 atom stereocenters. The molecule has 2 N–H and O–H groups in total. The Morgan fingerprint density at radius 1 is 1.41 bits per heavy atom. The number of hydrogen-bond donors (Lipinski definition) is 1. The van der Waals surface area contributed by atoms with Crippen molar-refractivity contribution in [3.05, 3.63) is 17.3 Å². The topological polar surface area (TPSA) is 95.7 Å². The van der Waals surface area contributed by atoms with Crippen LogP contribution in [0.4, 0.5) is 18.9 Å². The van der Waals surface area contributed by atoms with Gasteiger partial charge in [-0.2, -0.15) is 10.5 Å². The number of halogens is 3. The highest BCUT2D eigenvalue weighted by atomic mass is 19.4. The van der Waals surface area contributed by atoms with Gasteiger partial charge < -0.3 is 10.5 Å². The molecule has 0 aliphatic rings. The zero-order chi connectivity index (χ0) is 13.1. The molecule has 17 heavy (non-hydrogen) atoms. The summed E-state index contributed by atoms with van der Waals surface area (Å²) < 4.78 is 39.4. The van der Waals surface area contributed by atoms with E-state index >= 15 is 0 Å². The van der Waals surface area contributed by atoms with E-state index in [1.54, 1.807) is 12.1 Å². The fourth-order valence-electron chi connectivity index (χ4n) is 1.06. The summed E-state index contributed by atoms with van der Waals surface area (Å²) in [5.74, 6) is -0.812. The summed E-state index contributed by atoms with van der Waals surface area (Å²) in [5.41, 5.74) is 4.98. The molecule has 1 aromatic heterocycles. The van der Waals surface area contributed by atoms with Crippen LogP contribution in [0.2, 0.25) is 0 Å². The van der Waals surface area contributed by atoms with Crippen LogP contribution in [-0.2, 0) is 6.42 Å². The lowest BCUT2D eigenvalue weighted by atomic mass is 10.1. The Balaban J connectivity index is 3.22. The van der Waals surface area contributed by atoms with Crippen LogP contribution < -0.4 is 10.5 Å². The van der Waals surface area contributed by atoms with Crippen molar-refractivity contribution in [1.29, 1.82) is 10.5 Å². The van der Waals surface area contributed by atoms with Gasteiger partial charge in [0.1, 0.15) is 6.07 Å². The van der Waals surface area contributed by atoms with Gasteiger partial charge in [-0.15, -0.1) is 13.2 Å². The van der Waals surface area contributed by atoms with Crippen molar-refractivity contribution >= 4 is 5.69 Å². The fourth-order valence-corrected chi connectivity index (χ4v) is 1.06. The second kappa shape index (κ2) is 4.58. The van der Waals surface area contributed by atoms with E-state index in [1.165, 1.54) is 0 Å². The number of hydrogen-bond acceptors (Lipinski definition) is 5. The van der Waals surface area contributed by atoms with Gasteiger partial charge in [0.05, 0.1) is 29.4 Å². The number of nitrogen functional groups attached to an aromatic ring is 1. The van der Waals surface area contributed by atoms with Crippen LogP contribution in [0, 0.1) is 22.7 Å². The van der Waals surface area contributed by atoms with Crippen molar-refractivity contribution < 1.29 is 17.9 Å². The predicted molar refractivity (Wildman–Crippen MR) is 49.4 cm³/mol. The summed E-state index contributed by atoms with van der Waals surface area (Å²) >= 11 is 0. The first-order valence-corrected chi connectivity index (χ1v) is 4.19. The molecule has 0 saturated carbocycles. The average Bonchev–Trinajstić information content (AvgIpc) is 2.20. The Kier molecular flexibility index (Phi) is 3.39. The number of rotatable bonds is 2. The maximum atomic E-state index is 12.0. The van der Waals surface area contributed by atoms with Crippen molar-refractivity contribution in [2.45, 2.75) is 12.8 Å². The molecule has 0 fully saturated rings. The molecular weight excluding hydrogens is 237 g/mol. The second-order valence-corrected chi connectivity index (χ2v) is 2.86. The van der Waals surface area contributed by atoms with Gasteiger partial charge in [0.25, 0.3) is 0 Å². The Morgan fingerprint density at radius 3 is 2.53 bits per heavy atom. The highest BCUT2D eigenvalue weighted by Gasteiger charge is 2.32. The van der Waals surface area contributed by atoms with Gasteiger partial charge >= 0.3 is 6.36 Å². The number of nitriles is 2. The van der Waals surface area contributed by atoms with E-state index in [-0.39, 0.29) is 23.4 Å². The van der Waals surface area contributed by atoms with Gasteiger partial charge in [0.15, 0.2) is 0 Å². The van der Waals surface area contributed by atoms with E-state index in [1.807, 2.05) is 0 Å². The molecule has 1 heterocycles. The Hall–Kier alpha value is -2.48. The van der Waals surface area contributed by atoms with Crippen molar-refractivity contribution in [2.24, 2.45) is 0 Å². The van der Waals surface area contributed by atoms with Gasteiger partial charge in [0.2, 0.25) is 5.88 Å². The van der Waals surface area contributed by atoms with Crippen LogP contribution >= 0.6 is 0 Å². The Labute approximate surface area is 93.8 Å². The molecule has 0 aliphatic carbocycles. The van der Waals surface area contributed by atoms with Crippen LogP contribution in [0.25, 0.3) is 0 Å². The van der Waals surface area contributed by atoms with E-state index in [0.29, 0.717) is 0 Å². The molecule has 0 radical (unpaired) electrons. The molecule has 0 aliphatic heterocycles. The SMILES string of the molecule is N#CCc1nc(OC(F)(F)F)cc(C#N)c1N. The van der Waals surface area contributed by atoms with Crippen molar-refractivity contribution in [2.75, 3.05) is 5.73 Å². The molecule has 88 valence electrons.